The molecule has 0 aliphatic rings. The lowest BCUT2D eigenvalue weighted by Gasteiger charge is -2.21. The second kappa shape index (κ2) is 5.15. The molecule has 0 aromatic rings. The van der Waals surface area contributed by atoms with E-state index in [9.17, 15) is 0 Å². The monoisotopic (exact) mass is 154 g/mol. The molecule has 0 aromatic carbocycles. The van der Waals surface area contributed by atoms with Crippen molar-refractivity contribution in [3.63, 3.8) is 0 Å². The molecule has 0 saturated heterocycles. The molecule has 0 heterocycles. The fraction of sp³-hybridized carbons (Fsp3) is 0.889. The lowest BCUT2D eigenvalue weighted by Crippen LogP contribution is -2.41. The zero-order valence-corrected chi connectivity index (χ0v) is 7.78. The van der Waals surface area contributed by atoms with Crippen molar-refractivity contribution in [2.24, 2.45) is 0 Å². The lowest BCUT2D eigenvalue weighted by atomic mass is 9.98. The Kier molecular flexibility index (Phi) is 4.89. The molecule has 0 aliphatic carbocycles. The molecular weight excluding hydrogens is 136 g/mol. The van der Waals surface area contributed by atoms with Crippen molar-refractivity contribution in [3.8, 4) is 6.07 Å². The predicted octanol–water partition coefficient (Wildman–Crippen LogP) is 2.07. The first-order chi connectivity index (χ1) is 5.18. The number of hydrogen-bond acceptors (Lipinski definition) is 2. The predicted molar refractivity (Wildman–Crippen MR) is 47.2 cm³/mol. The first kappa shape index (κ1) is 10.4. The highest BCUT2D eigenvalue weighted by Gasteiger charge is 2.20. The lowest BCUT2D eigenvalue weighted by molar-refractivity contribution is 0.414. The highest BCUT2D eigenvalue weighted by molar-refractivity contribution is 5.02. The van der Waals surface area contributed by atoms with Gasteiger partial charge in [0.1, 0.15) is 5.54 Å². The van der Waals surface area contributed by atoms with Crippen LogP contribution < -0.4 is 5.32 Å². The Bertz CT molecular complexity index is 137. The molecule has 2 nitrogen and oxygen atoms in total. The Morgan fingerprint density at radius 3 is 2.36 bits per heavy atom. The SMILES string of the molecule is CCCNC(C)(C#N)CCC. The summed E-state index contributed by atoms with van der Waals surface area (Å²) < 4.78 is 0. The molecule has 64 valence electrons. The zero-order valence-electron chi connectivity index (χ0n) is 7.78. The maximum absolute atomic E-state index is 8.83. The molecule has 11 heavy (non-hydrogen) atoms. The van der Waals surface area contributed by atoms with Gasteiger partial charge in [0.15, 0.2) is 0 Å². The van der Waals surface area contributed by atoms with E-state index in [0.717, 1.165) is 25.8 Å². The summed E-state index contributed by atoms with van der Waals surface area (Å²) in [6.07, 6.45) is 3.07. The first-order valence-electron chi connectivity index (χ1n) is 4.34. The number of nitrogens with zero attached hydrogens (tertiary/aromatic N) is 1. The maximum atomic E-state index is 8.83. The number of hydrogen-bond donors (Lipinski definition) is 1. The minimum Gasteiger partial charge on any atom is -0.300 e. The molecule has 0 rings (SSSR count). The summed E-state index contributed by atoms with van der Waals surface area (Å²) in [5, 5.41) is 12.1. The maximum Gasteiger partial charge on any atom is 0.103 e. The summed E-state index contributed by atoms with van der Waals surface area (Å²) in [5.74, 6) is 0. The molecule has 0 spiro atoms. The second-order valence-electron chi connectivity index (χ2n) is 3.12. The summed E-state index contributed by atoms with van der Waals surface area (Å²) in [7, 11) is 0. The zero-order chi connectivity index (χ0) is 8.74. The van der Waals surface area contributed by atoms with Crippen LogP contribution in [0.3, 0.4) is 0 Å². The third kappa shape index (κ3) is 4.00. The minimum absolute atomic E-state index is 0.301. The van der Waals surface area contributed by atoms with Crippen molar-refractivity contribution in [2.75, 3.05) is 6.54 Å². The van der Waals surface area contributed by atoms with Gasteiger partial charge < -0.3 is 0 Å². The molecule has 0 aromatic heterocycles. The summed E-state index contributed by atoms with van der Waals surface area (Å²) in [4.78, 5) is 0. The van der Waals surface area contributed by atoms with Crippen LogP contribution in [0, 0.1) is 11.3 Å². The van der Waals surface area contributed by atoms with Gasteiger partial charge in [0.2, 0.25) is 0 Å². The molecule has 2 heteroatoms. The second-order valence-corrected chi connectivity index (χ2v) is 3.12. The topological polar surface area (TPSA) is 35.8 Å². The van der Waals surface area contributed by atoms with Gasteiger partial charge in [0, 0.05) is 0 Å². The van der Waals surface area contributed by atoms with Crippen LogP contribution in [-0.2, 0) is 0 Å². The van der Waals surface area contributed by atoms with Gasteiger partial charge >= 0.3 is 0 Å². The fourth-order valence-electron chi connectivity index (χ4n) is 1.08. The van der Waals surface area contributed by atoms with Crippen LogP contribution in [0.25, 0.3) is 0 Å². The molecule has 0 fully saturated rings. The number of rotatable bonds is 5. The molecule has 0 amide bonds. The summed E-state index contributed by atoms with van der Waals surface area (Å²) in [6.45, 7) is 7.11. The van der Waals surface area contributed by atoms with Crippen molar-refractivity contribution >= 4 is 0 Å². The normalized spacial score (nSPS) is 15.5. The van der Waals surface area contributed by atoms with Crippen LogP contribution in [0.2, 0.25) is 0 Å². The van der Waals surface area contributed by atoms with Gasteiger partial charge in [-0.15, -0.1) is 0 Å². The minimum atomic E-state index is -0.301. The van der Waals surface area contributed by atoms with Gasteiger partial charge in [-0.3, -0.25) is 5.32 Å². The first-order valence-corrected chi connectivity index (χ1v) is 4.34. The van der Waals surface area contributed by atoms with E-state index >= 15 is 0 Å². The number of nitrogens with one attached hydrogen (secondary N) is 1. The van der Waals surface area contributed by atoms with E-state index < -0.39 is 0 Å². The smallest absolute Gasteiger partial charge is 0.103 e. The van der Waals surface area contributed by atoms with Crippen LogP contribution in [0.4, 0.5) is 0 Å². The quantitative estimate of drug-likeness (QED) is 0.658. The molecule has 0 bridgehead atoms. The van der Waals surface area contributed by atoms with Gasteiger partial charge in [-0.05, 0) is 26.3 Å². The summed E-state index contributed by atoms with van der Waals surface area (Å²) >= 11 is 0. The highest BCUT2D eigenvalue weighted by Crippen LogP contribution is 2.09. The average Bonchev–Trinajstić information content (AvgIpc) is 2.02. The summed E-state index contributed by atoms with van der Waals surface area (Å²) in [5.41, 5.74) is -0.301. The van der Waals surface area contributed by atoms with Gasteiger partial charge in [-0.2, -0.15) is 5.26 Å². The van der Waals surface area contributed by atoms with E-state index in [2.05, 4.69) is 25.2 Å². The van der Waals surface area contributed by atoms with Crippen molar-refractivity contribution in [1.29, 1.82) is 5.26 Å². The molecule has 0 aliphatic heterocycles. The van der Waals surface area contributed by atoms with Crippen molar-refractivity contribution in [3.05, 3.63) is 0 Å². The van der Waals surface area contributed by atoms with E-state index in [0.29, 0.717) is 0 Å². The standard InChI is InChI=1S/C9H18N2/c1-4-6-9(3,8-10)11-7-5-2/h11H,4-7H2,1-3H3. The Labute approximate surface area is 69.6 Å². The number of nitriles is 1. The van der Waals surface area contributed by atoms with Crippen molar-refractivity contribution < 1.29 is 0 Å². The van der Waals surface area contributed by atoms with E-state index in [1.54, 1.807) is 0 Å². The Morgan fingerprint density at radius 2 is 2.00 bits per heavy atom. The average molecular weight is 154 g/mol. The fourth-order valence-corrected chi connectivity index (χ4v) is 1.08. The van der Waals surface area contributed by atoms with Crippen LogP contribution in [0.1, 0.15) is 40.0 Å². The van der Waals surface area contributed by atoms with E-state index in [4.69, 9.17) is 5.26 Å². The molecule has 1 atom stereocenters. The van der Waals surface area contributed by atoms with E-state index in [-0.39, 0.29) is 5.54 Å². The van der Waals surface area contributed by atoms with E-state index in [1.807, 2.05) is 6.92 Å². The summed E-state index contributed by atoms with van der Waals surface area (Å²) in [6, 6.07) is 2.30. The van der Waals surface area contributed by atoms with Crippen LogP contribution in [-0.4, -0.2) is 12.1 Å². The van der Waals surface area contributed by atoms with Crippen LogP contribution >= 0.6 is 0 Å². The van der Waals surface area contributed by atoms with Gasteiger partial charge in [-0.25, -0.2) is 0 Å². The van der Waals surface area contributed by atoms with Gasteiger partial charge in [0.05, 0.1) is 6.07 Å². The Balaban J connectivity index is 3.81. The van der Waals surface area contributed by atoms with Crippen molar-refractivity contribution in [1.82, 2.24) is 5.32 Å². The third-order valence-electron chi connectivity index (χ3n) is 1.76. The van der Waals surface area contributed by atoms with Gasteiger partial charge in [0.25, 0.3) is 0 Å². The molecular formula is C9H18N2. The largest absolute Gasteiger partial charge is 0.300 e. The molecule has 1 unspecified atom stereocenters. The van der Waals surface area contributed by atoms with Gasteiger partial charge in [-0.1, -0.05) is 20.3 Å². The highest BCUT2D eigenvalue weighted by atomic mass is 15.0. The van der Waals surface area contributed by atoms with Crippen molar-refractivity contribution in [2.45, 2.75) is 45.6 Å². The Hall–Kier alpha value is -0.550. The molecule has 1 N–H and O–H groups in total. The van der Waals surface area contributed by atoms with E-state index in [1.165, 1.54) is 0 Å². The Morgan fingerprint density at radius 1 is 1.36 bits per heavy atom. The van der Waals surface area contributed by atoms with Crippen LogP contribution in [0.15, 0.2) is 0 Å². The molecule has 0 saturated carbocycles. The third-order valence-corrected chi connectivity index (χ3v) is 1.76. The van der Waals surface area contributed by atoms with Crippen LogP contribution in [0.5, 0.6) is 0 Å². The molecule has 0 radical (unpaired) electrons.